The minimum Gasteiger partial charge on any atom is -0.468 e. The van der Waals surface area contributed by atoms with Crippen LogP contribution < -0.4 is 10.0 Å². The summed E-state index contributed by atoms with van der Waals surface area (Å²) in [4.78, 5) is 16.4. The first-order valence-electron chi connectivity index (χ1n) is 8.96. The molecule has 0 bridgehead atoms. The highest BCUT2D eigenvalue weighted by Gasteiger charge is 2.14. The summed E-state index contributed by atoms with van der Waals surface area (Å²) in [6.45, 7) is 1.93. The van der Waals surface area contributed by atoms with E-state index in [1.165, 1.54) is 24.5 Å². The Morgan fingerprint density at radius 1 is 1.14 bits per heavy atom. The van der Waals surface area contributed by atoms with Crippen molar-refractivity contribution in [3.05, 3.63) is 90.2 Å². The third-order valence-corrected chi connectivity index (χ3v) is 5.54. The van der Waals surface area contributed by atoms with Crippen molar-refractivity contribution < 1.29 is 17.6 Å². The Hall–Kier alpha value is -3.23. The molecule has 3 aromatic rings. The van der Waals surface area contributed by atoms with E-state index in [-0.39, 0.29) is 23.4 Å². The number of hydrogen-bond donors (Lipinski definition) is 2. The molecule has 3 rings (SSSR count). The van der Waals surface area contributed by atoms with Crippen molar-refractivity contribution >= 4 is 22.0 Å². The number of aromatic nitrogens is 1. The fraction of sp³-hybridized carbons (Fsp3) is 0.143. The van der Waals surface area contributed by atoms with Crippen LogP contribution in [-0.4, -0.2) is 19.3 Å². The highest BCUT2D eigenvalue weighted by atomic mass is 32.2. The van der Waals surface area contributed by atoms with Crippen molar-refractivity contribution in [2.75, 3.05) is 0 Å². The first kappa shape index (κ1) is 20.5. The highest BCUT2D eigenvalue weighted by molar-refractivity contribution is 7.89. The molecule has 1 aromatic carbocycles. The lowest BCUT2D eigenvalue weighted by atomic mass is 10.2. The first-order valence-corrected chi connectivity index (χ1v) is 10.4. The Bertz CT molecular complexity index is 1060. The molecule has 2 aromatic heterocycles. The molecule has 7 nitrogen and oxygen atoms in total. The zero-order chi connectivity index (χ0) is 20.7. The van der Waals surface area contributed by atoms with Gasteiger partial charge < -0.3 is 9.73 Å². The van der Waals surface area contributed by atoms with Crippen LogP contribution in [0.1, 0.15) is 30.0 Å². The van der Waals surface area contributed by atoms with Crippen LogP contribution in [0.5, 0.6) is 0 Å². The maximum Gasteiger partial charge on any atom is 0.244 e. The van der Waals surface area contributed by atoms with E-state index in [9.17, 15) is 13.2 Å². The number of rotatable bonds is 8. The molecular weight excluding hydrogens is 390 g/mol. The van der Waals surface area contributed by atoms with Gasteiger partial charge in [-0.15, -0.1) is 0 Å². The monoisotopic (exact) mass is 411 g/mol. The van der Waals surface area contributed by atoms with Gasteiger partial charge in [-0.2, -0.15) is 0 Å². The fourth-order valence-electron chi connectivity index (χ4n) is 2.56. The van der Waals surface area contributed by atoms with Crippen LogP contribution in [0.25, 0.3) is 6.08 Å². The van der Waals surface area contributed by atoms with Crippen LogP contribution in [0.2, 0.25) is 0 Å². The number of carbonyl (C=O) groups excluding carboxylic acids is 1. The largest absolute Gasteiger partial charge is 0.468 e. The Labute approximate surface area is 169 Å². The van der Waals surface area contributed by atoms with Gasteiger partial charge in [-0.25, -0.2) is 13.1 Å². The van der Waals surface area contributed by atoms with Crippen LogP contribution in [-0.2, 0) is 21.4 Å². The van der Waals surface area contributed by atoms with E-state index in [1.54, 1.807) is 36.5 Å². The number of nitrogens with zero attached hydrogens (tertiary/aromatic N) is 1. The van der Waals surface area contributed by atoms with E-state index in [1.807, 2.05) is 25.1 Å². The second-order valence-electron chi connectivity index (χ2n) is 6.29. The zero-order valence-corrected chi connectivity index (χ0v) is 16.6. The normalized spacial score (nSPS) is 12.7. The van der Waals surface area contributed by atoms with Gasteiger partial charge in [-0.05, 0) is 55.0 Å². The predicted molar refractivity (Wildman–Crippen MR) is 109 cm³/mol. The standard InChI is InChI=1S/C21H21N3O4S/c1-16(20-6-2-3-13-22-20)24-21(25)12-9-17-7-10-19(11-8-17)29(26,27)23-15-18-5-4-14-28-18/h2-14,16,23H,15H2,1H3,(H,24,25)/b12-9+. The molecule has 29 heavy (non-hydrogen) atoms. The van der Waals surface area contributed by atoms with Crippen LogP contribution >= 0.6 is 0 Å². The Balaban J connectivity index is 1.57. The van der Waals surface area contributed by atoms with Gasteiger partial charge in [0.2, 0.25) is 15.9 Å². The van der Waals surface area contributed by atoms with Gasteiger partial charge in [-0.1, -0.05) is 18.2 Å². The summed E-state index contributed by atoms with van der Waals surface area (Å²) >= 11 is 0. The van der Waals surface area contributed by atoms with E-state index < -0.39 is 10.0 Å². The van der Waals surface area contributed by atoms with Gasteiger partial charge in [0, 0.05) is 12.3 Å². The number of nitrogens with one attached hydrogen (secondary N) is 2. The summed E-state index contributed by atoms with van der Waals surface area (Å²) in [5.41, 5.74) is 1.47. The van der Waals surface area contributed by atoms with Crippen molar-refractivity contribution in [1.82, 2.24) is 15.0 Å². The molecule has 1 unspecified atom stereocenters. The van der Waals surface area contributed by atoms with E-state index in [4.69, 9.17) is 4.42 Å². The van der Waals surface area contributed by atoms with Crippen molar-refractivity contribution in [2.24, 2.45) is 0 Å². The average Bonchev–Trinajstić information content (AvgIpc) is 3.25. The quantitative estimate of drug-likeness (QED) is 0.555. The SMILES string of the molecule is CC(NC(=O)/C=C/c1ccc(S(=O)(=O)NCc2ccco2)cc1)c1ccccn1. The lowest BCUT2D eigenvalue weighted by Gasteiger charge is -2.11. The van der Waals surface area contributed by atoms with Crippen LogP contribution in [0.4, 0.5) is 0 Å². The van der Waals surface area contributed by atoms with Gasteiger partial charge in [0.05, 0.1) is 29.4 Å². The number of hydrogen-bond acceptors (Lipinski definition) is 5. The summed E-state index contributed by atoms with van der Waals surface area (Å²) in [5, 5.41) is 2.83. The molecule has 2 heterocycles. The maximum absolute atomic E-state index is 12.3. The molecule has 0 fully saturated rings. The molecule has 8 heteroatoms. The van der Waals surface area contributed by atoms with Crippen LogP contribution in [0.15, 0.2) is 82.4 Å². The van der Waals surface area contributed by atoms with Gasteiger partial charge in [0.25, 0.3) is 0 Å². The predicted octanol–water partition coefficient (Wildman–Crippen LogP) is 3.04. The molecular formula is C21H21N3O4S. The Morgan fingerprint density at radius 3 is 2.59 bits per heavy atom. The van der Waals surface area contributed by atoms with Crippen molar-refractivity contribution in [3.8, 4) is 0 Å². The third kappa shape index (κ3) is 5.87. The Kier molecular flexibility index (Phi) is 6.58. The second-order valence-corrected chi connectivity index (χ2v) is 8.06. The summed E-state index contributed by atoms with van der Waals surface area (Å²) in [6.07, 6.45) is 6.18. The average molecular weight is 411 g/mol. The number of furan rings is 1. The lowest BCUT2D eigenvalue weighted by Crippen LogP contribution is -2.25. The van der Waals surface area contributed by atoms with E-state index in [2.05, 4.69) is 15.0 Å². The van der Waals surface area contributed by atoms with E-state index >= 15 is 0 Å². The minimum absolute atomic E-state index is 0.0750. The van der Waals surface area contributed by atoms with Crippen LogP contribution in [0.3, 0.4) is 0 Å². The number of benzene rings is 1. The molecule has 0 saturated heterocycles. The molecule has 150 valence electrons. The number of amides is 1. The smallest absolute Gasteiger partial charge is 0.244 e. The molecule has 0 aliphatic heterocycles. The second kappa shape index (κ2) is 9.31. The summed E-state index contributed by atoms with van der Waals surface area (Å²) in [7, 11) is -3.65. The molecule has 0 aliphatic rings. The summed E-state index contributed by atoms with van der Waals surface area (Å²) in [6, 6.07) is 14.9. The highest BCUT2D eigenvalue weighted by Crippen LogP contribution is 2.13. The molecule has 0 aliphatic carbocycles. The van der Waals surface area contributed by atoms with Crippen LogP contribution in [0, 0.1) is 0 Å². The van der Waals surface area contributed by atoms with Crippen molar-refractivity contribution in [2.45, 2.75) is 24.4 Å². The van der Waals surface area contributed by atoms with Gasteiger partial charge in [0.1, 0.15) is 5.76 Å². The zero-order valence-electron chi connectivity index (χ0n) is 15.8. The lowest BCUT2D eigenvalue weighted by molar-refractivity contribution is -0.117. The first-order chi connectivity index (χ1) is 13.9. The number of carbonyl (C=O) groups is 1. The molecule has 1 amide bonds. The van der Waals surface area contributed by atoms with E-state index in [0.29, 0.717) is 11.3 Å². The third-order valence-electron chi connectivity index (χ3n) is 4.12. The summed E-state index contributed by atoms with van der Waals surface area (Å²) < 4.78 is 32.2. The van der Waals surface area contributed by atoms with Crippen molar-refractivity contribution in [3.63, 3.8) is 0 Å². The van der Waals surface area contributed by atoms with Crippen molar-refractivity contribution in [1.29, 1.82) is 0 Å². The maximum atomic E-state index is 12.3. The van der Waals surface area contributed by atoms with Gasteiger partial charge in [0.15, 0.2) is 0 Å². The fourth-order valence-corrected chi connectivity index (χ4v) is 3.55. The number of pyridine rings is 1. The molecule has 0 radical (unpaired) electrons. The molecule has 1 atom stereocenters. The molecule has 0 spiro atoms. The minimum atomic E-state index is -3.65. The van der Waals surface area contributed by atoms with Gasteiger partial charge in [-0.3, -0.25) is 9.78 Å². The topological polar surface area (TPSA) is 101 Å². The number of sulfonamides is 1. The summed E-state index contributed by atoms with van der Waals surface area (Å²) in [5.74, 6) is 0.263. The molecule has 0 saturated carbocycles. The molecule has 2 N–H and O–H groups in total. The van der Waals surface area contributed by atoms with Gasteiger partial charge >= 0.3 is 0 Å². The van der Waals surface area contributed by atoms with E-state index in [0.717, 1.165) is 5.69 Å². The Morgan fingerprint density at radius 2 is 1.93 bits per heavy atom.